The van der Waals surface area contributed by atoms with Crippen molar-refractivity contribution in [2.75, 3.05) is 24.1 Å². The third kappa shape index (κ3) is 2.70. The second-order valence-electron chi connectivity index (χ2n) is 8.83. The Balaban J connectivity index is 1.61. The molecule has 0 saturated heterocycles. The molecule has 0 saturated carbocycles. The summed E-state index contributed by atoms with van der Waals surface area (Å²) in [6.45, 7) is 0. The topological polar surface area (TPSA) is 6.48 Å². The number of hydrogen-bond donors (Lipinski definition) is 0. The maximum Gasteiger partial charge on any atom is 0.116 e. The van der Waals surface area contributed by atoms with E-state index in [0.29, 0.717) is 4.70 Å². The highest BCUT2D eigenvalue weighted by Gasteiger charge is 2.43. The van der Waals surface area contributed by atoms with Crippen LogP contribution in [0.25, 0.3) is 0 Å². The van der Waals surface area contributed by atoms with Crippen LogP contribution in [-0.2, 0) is 12.8 Å². The van der Waals surface area contributed by atoms with E-state index in [9.17, 15) is 0 Å². The van der Waals surface area contributed by atoms with E-state index < -0.39 is 0 Å². The second-order valence-corrected chi connectivity index (χ2v) is 8.83. The lowest BCUT2D eigenvalue weighted by Crippen LogP contribution is -2.63. The minimum absolute atomic E-state index is 0.544. The Morgan fingerprint density at radius 3 is 1.00 bits per heavy atom. The largest absolute Gasteiger partial charge is 0.167 e. The van der Waals surface area contributed by atoms with Gasteiger partial charge < -0.3 is 0 Å². The molecular weight excluding hydrogens is 378 g/mol. The van der Waals surface area contributed by atoms with Crippen molar-refractivity contribution < 1.29 is 4.70 Å². The fourth-order valence-corrected chi connectivity index (χ4v) is 5.28. The Morgan fingerprint density at radius 1 is 0.452 bits per heavy atom. The van der Waals surface area contributed by atoms with Crippen molar-refractivity contribution in [1.29, 1.82) is 0 Å². The quantitative estimate of drug-likeness (QED) is 0.358. The van der Waals surface area contributed by atoms with Crippen molar-refractivity contribution in [2.45, 2.75) is 12.8 Å². The lowest BCUT2D eigenvalue weighted by atomic mass is 9.96. The fourth-order valence-electron chi connectivity index (χ4n) is 5.28. The summed E-state index contributed by atoms with van der Waals surface area (Å²) < 4.78 is 0.544. The van der Waals surface area contributed by atoms with Crippen molar-refractivity contribution in [3.63, 3.8) is 0 Å². The highest BCUT2D eigenvalue weighted by Crippen LogP contribution is 2.47. The molecule has 0 atom stereocenters. The third-order valence-corrected chi connectivity index (χ3v) is 6.62. The zero-order chi connectivity index (χ0) is 21.0. The maximum absolute atomic E-state index is 2.48. The van der Waals surface area contributed by atoms with Crippen LogP contribution in [0.1, 0.15) is 22.3 Å². The van der Waals surface area contributed by atoms with Crippen LogP contribution >= 0.6 is 0 Å². The van der Waals surface area contributed by atoms with Crippen LogP contribution in [0.4, 0.5) is 22.7 Å². The van der Waals surface area contributed by atoms with E-state index in [-0.39, 0.29) is 0 Å². The SMILES string of the molecule is C[N+](C)(N1c2ccccc2Cc2ccccc21)N1c2ccccc2Cc2ccccc21. The molecule has 152 valence electrons. The summed E-state index contributed by atoms with van der Waals surface area (Å²) >= 11 is 0. The Kier molecular flexibility index (Phi) is 3.95. The van der Waals surface area contributed by atoms with E-state index in [1.807, 2.05) is 0 Å². The Labute approximate surface area is 183 Å². The van der Waals surface area contributed by atoms with Gasteiger partial charge in [0.05, 0.1) is 0 Å². The van der Waals surface area contributed by atoms with Crippen molar-refractivity contribution >= 4 is 22.7 Å². The van der Waals surface area contributed by atoms with Gasteiger partial charge in [-0.3, -0.25) is 0 Å². The number of hydrogen-bond acceptors (Lipinski definition) is 2. The van der Waals surface area contributed by atoms with E-state index in [0.717, 1.165) is 12.8 Å². The highest BCUT2D eigenvalue weighted by atomic mass is 16.0. The molecule has 0 aliphatic carbocycles. The van der Waals surface area contributed by atoms with Gasteiger partial charge in [-0.15, -0.1) is 4.70 Å². The highest BCUT2D eigenvalue weighted by molar-refractivity contribution is 5.75. The molecule has 31 heavy (non-hydrogen) atoms. The zero-order valence-electron chi connectivity index (χ0n) is 18.0. The molecule has 6 rings (SSSR count). The fraction of sp³-hybridized carbons (Fsp3) is 0.143. The lowest BCUT2D eigenvalue weighted by molar-refractivity contribution is -0.896. The first-order chi connectivity index (χ1) is 15.1. The van der Waals surface area contributed by atoms with Crippen molar-refractivity contribution in [1.82, 2.24) is 0 Å². The molecule has 4 aromatic carbocycles. The molecule has 0 radical (unpaired) electrons. The summed E-state index contributed by atoms with van der Waals surface area (Å²) in [5.74, 6) is 0. The molecule has 3 nitrogen and oxygen atoms in total. The minimum Gasteiger partial charge on any atom is -0.167 e. The van der Waals surface area contributed by atoms with Gasteiger partial charge in [0.1, 0.15) is 36.8 Å². The molecule has 3 heteroatoms. The summed E-state index contributed by atoms with van der Waals surface area (Å²) in [7, 11) is 4.58. The average molecular weight is 405 g/mol. The first-order valence-electron chi connectivity index (χ1n) is 10.9. The van der Waals surface area contributed by atoms with E-state index in [1.54, 1.807) is 0 Å². The molecule has 4 aromatic rings. The monoisotopic (exact) mass is 404 g/mol. The molecule has 0 amide bonds. The number of anilines is 4. The standard InChI is InChI=1S/C28H26N3/c1-31(2,29-25-15-7-3-11-21(25)19-22-12-4-8-16-26(22)29)30-27-17-9-5-13-23(27)20-24-14-6-10-18-28(24)30/h3-18H,19-20H2,1-2H3/q+1. The van der Waals surface area contributed by atoms with E-state index in [1.165, 1.54) is 45.0 Å². The molecule has 0 bridgehead atoms. The summed E-state index contributed by atoms with van der Waals surface area (Å²) in [5.41, 5.74) is 10.5. The van der Waals surface area contributed by atoms with Gasteiger partial charge in [-0.25, -0.2) is 0 Å². The number of benzene rings is 4. The zero-order valence-corrected chi connectivity index (χ0v) is 18.0. The van der Waals surface area contributed by atoms with Gasteiger partial charge in [-0.05, 0) is 46.5 Å². The predicted octanol–water partition coefficient (Wildman–Crippen LogP) is 6.38. The van der Waals surface area contributed by atoms with Gasteiger partial charge in [-0.2, -0.15) is 10.0 Å². The maximum atomic E-state index is 2.48. The molecule has 2 aliphatic rings. The first-order valence-corrected chi connectivity index (χ1v) is 10.9. The summed E-state index contributed by atoms with van der Waals surface area (Å²) in [6.07, 6.45) is 1.94. The van der Waals surface area contributed by atoms with Crippen molar-refractivity contribution in [3.05, 3.63) is 119 Å². The van der Waals surface area contributed by atoms with E-state index in [2.05, 4.69) is 121 Å². The van der Waals surface area contributed by atoms with Gasteiger partial charge in [0.15, 0.2) is 0 Å². The molecule has 0 aromatic heterocycles. The Hall–Kier alpha value is -3.56. The van der Waals surface area contributed by atoms with Crippen molar-refractivity contribution in [3.8, 4) is 0 Å². The first kappa shape index (κ1) is 18.2. The average Bonchev–Trinajstić information content (AvgIpc) is 2.80. The van der Waals surface area contributed by atoms with Crippen LogP contribution in [0.15, 0.2) is 97.1 Å². The summed E-state index contributed by atoms with van der Waals surface area (Å²) in [5, 5.41) is 4.96. The predicted molar refractivity (Wildman–Crippen MR) is 128 cm³/mol. The lowest BCUT2D eigenvalue weighted by Gasteiger charge is -2.51. The van der Waals surface area contributed by atoms with E-state index >= 15 is 0 Å². The summed E-state index contributed by atoms with van der Waals surface area (Å²) in [6, 6.07) is 35.3. The molecule has 0 spiro atoms. The number of nitrogens with zero attached hydrogens (tertiary/aromatic N) is 3. The van der Waals surface area contributed by atoms with Gasteiger partial charge in [-0.1, -0.05) is 72.8 Å². The molecule has 0 N–H and O–H groups in total. The van der Waals surface area contributed by atoms with Crippen LogP contribution in [-0.4, -0.2) is 18.8 Å². The van der Waals surface area contributed by atoms with Gasteiger partial charge in [0.25, 0.3) is 0 Å². The Bertz CT molecular complexity index is 1100. The van der Waals surface area contributed by atoms with Crippen molar-refractivity contribution in [2.24, 2.45) is 0 Å². The van der Waals surface area contributed by atoms with Gasteiger partial charge in [0, 0.05) is 12.8 Å². The minimum atomic E-state index is 0.544. The number of quaternary nitrogens is 1. The van der Waals surface area contributed by atoms with Crippen LogP contribution in [0.3, 0.4) is 0 Å². The van der Waals surface area contributed by atoms with Crippen LogP contribution in [0, 0.1) is 0 Å². The molecule has 0 unspecified atom stereocenters. The van der Waals surface area contributed by atoms with Crippen LogP contribution in [0.2, 0.25) is 0 Å². The number of para-hydroxylation sites is 4. The smallest absolute Gasteiger partial charge is 0.116 e. The number of rotatable bonds is 2. The molecule has 2 aliphatic heterocycles. The normalized spacial score (nSPS) is 14.4. The van der Waals surface area contributed by atoms with Crippen LogP contribution in [0.5, 0.6) is 0 Å². The molecule has 2 heterocycles. The molecule has 0 fully saturated rings. The summed E-state index contributed by atoms with van der Waals surface area (Å²) in [4.78, 5) is 0. The van der Waals surface area contributed by atoms with Crippen LogP contribution < -0.4 is 10.0 Å². The van der Waals surface area contributed by atoms with E-state index in [4.69, 9.17) is 0 Å². The third-order valence-electron chi connectivity index (χ3n) is 6.62. The number of fused-ring (bicyclic) bond motifs is 4. The second kappa shape index (κ2) is 6.73. The molecular formula is C28H26N3+. The van der Waals surface area contributed by atoms with Gasteiger partial charge >= 0.3 is 0 Å². The van der Waals surface area contributed by atoms with Gasteiger partial charge in [0.2, 0.25) is 0 Å². The Morgan fingerprint density at radius 2 is 0.710 bits per heavy atom.